The van der Waals surface area contributed by atoms with Crippen LogP contribution in [0.5, 0.6) is 0 Å². The molecule has 0 fully saturated rings. The predicted octanol–water partition coefficient (Wildman–Crippen LogP) is 3.03. The Hall–Kier alpha value is -2.60. The second-order valence-corrected chi connectivity index (χ2v) is 5.17. The Labute approximate surface area is 141 Å². The number of nitrogens with zero attached hydrogens (tertiary/aromatic N) is 1. The highest BCUT2D eigenvalue weighted by Gasteiger charge is 2.11. The lowest BCUT2D eigenvalue weighted by molar-refractivity contribution is 0.0466. The average Bonchev–Trinajstić information content (AvgIpc) is 3.14. The van der Waals surface area contributed by atoms with Gasteiger partial charge in [0.1, 0.15) is 6.61 Å². The Morgan fingerprint density at radius 3 is 2.42 bits per heavy atom. The Kier molecular flexibility index (Phi) is 6.57. The van der Waals surface area contributed by atoms with Gasteiger partial charge in [0, 0.05) is 12.2 Å². The van der Waals surface area contributed by atoms with E-state index in [-0.39, 0.29) is 17.6 Å². The highest BCUT2D eigenvalue weighted by atomic mass is 16.5. The van der Waals surface area contributed by atoms with Crippen LogP contribution >= 0.6 is 0 Å². The van der Waals surface area contributed by atoms with Crippen LogP contribution < -0.4 is 5.32 Å². The first-order valence-corrected chi connectivity index (χ1v) is 7.98. The molecule has 0 aliphatic carbocycles. The fourth-order valence-corrected chi connectivity index (χ4v) is 2.18. The van der Waals surface area contributed by atoms with Gasteiger partial charge in [-0.1, -0.05) is 13.8 Å². The molecule has 128 valence electrons. The summed E-state index contributed by atoms with van der Waals surface area (Å²) in [5.74, 6) is -0.476. The van der Waals surface area contributed by atoms with Crippen LogP contribution in [-0.2, 0) is 4.74 Å². The van der Waals surface area contributed by atoms with Gasteiger partial charge in [-0.3, -0.25) is 4.79 Å². The number of ether oxygens (including phenoxy) is 1. The average molecular weight is 330 g/mol. The lowest BCUT2D eigenvalue weighted by atomic mass is 10.2. The van der Waals surface area contributed by atoms with Crippen molar-refractivity contribution in [1.29, 1.82) is 0 Å². The van der Waals surface area contributed by atoms with Crippen LogP contribution in [0.15, 0.2) is 47.1 Å². The van der Waals surface area contributed by atoms with Crippen molar-refractivity contribution in [2.45, 2.75) is 13.8 Å². The summed E-state index contributed by atoms with van der Waals surface area (Å²) in [6.45, 7) is 7.08. The summed E-state index contributed by atoms with van der Waals surface area (Å²) in [7, 11) is 0. The van der Waals surface area contributed by atoms with E-state index in [1.54, 1.807) is 36.4 Å². The number of benzene rings is 1. The Balaban J connectivity index is 1.84. The van der Waals surface area contributed by atoms with Gasteiger partial charge in [0.2, 0.25) is 0 Å². The molecule has 1 aromatic carbocycles. The van der Waals surface area contributed by atoms with Crippen molar-refractivity contribution < 1.29 is 18.7 Å². The summed E-state index contributed by atoms with van der Waals surface area (Å²) in [6, 6.07) is 9.78. The van der Waals surface area contributed by atoms with E-state index in [4.69, 9.17) is 9.15 Å². The minimum Gasteiger partial charge on any atom is -0.461 e. The van der Waals surface area contributed by atoms with Crippen molar-refractivity contribution in [3.63, 3.8) is 0 Å². The quantitative estimate of drug-likeness (QED) is 0.753. The molecule has 0 aliphatic rings. The van der Waals surface area contributed by atoms with Gasteiger partial charge in [-0.05, 0) is 49.5 Å². The number of rotatable bonds is 8. The van der Waals surface area contributed by atoms with Gasteiger partial charge < -0.3 is 19.4 Å². The molecule has 0 radical (unpaired) electrons. The molecule has 6 nitrogen and oxygen atoms in total. The number of carbonyl (C=O) groups excluding carboxylic acids is 2. The summed E-state index contributed by atoms with van der Waals surface area (Å²) in [6.07, 6.45) is 1.44. The SMILES string of the molecule is CCN(CC)CCOC(=O)c1ccc(NC(=O)c2ccco2)cc1. The first-order chi connectivity index (χ1) is 11.6. The van der Waals surface area contributed by atoms with Crippen LogP contribution in [0, 0.1) is 0 Å². The highest BCUT2D eigenvalue weighted by Crippen LogP contribution is 2.12. The molecule has 0 atom stereocenters. The van der Waals surface area contributed by atoms with Crippen molar-refractivity contribution in [2.24, 2.45) is 0 Å². The van der Waals surface area contributed by atoms with E-state index in [0.717, 1.165) is 19.6 Å². The fourth-order valence-electron chi connectivity index (χ4n) is 2.18. The maximum Gasteiger partial charge on any atom is 0.338 e. The molecule has 1 amide bonds. The summed E-state index contributed by atoms with van der Waals surface area (Å²) in [4.78, 5) is 26.0. The third-order valence-electron chi connectivity index (χ3n) is 3.66. The van der Waals surface area contributed by atoms with Gasteiger partial charge in [-0.2, -0.15) is 0 Å². The second-order valence-electron chi connectivity index (χ2n) is 5.17. The van der Waals surface area contributed by atoms with Gasteiger partial charge in [0.15, 0.2) is 5.76 Å². The Morgan fingerprint density at radius 2 is 1.83 bits per heavy atom. The number of furan rings is 1. The lowest BCUT2D eigenvalue weighted by Gasteiger charge is -2.17. The Morgan fingerprint density at radius 1 is 1.12 bits per heavy atom. The molecule has 1 N–H and O–H groups in total. The minimum absolute atomic E-state index is 0.231. The number of anilines is 1. The zero-order valence-corrected chi connectivity index (χ0v) is 14.0. The molecule has 0 saturated carbocycles. The Bertz CT molecular complexity index is 646. The molecule has 1 aromatic heterocycles. The molecule has 0 saturated heterocycles. The predicted molar refractivity (Wildman–Crippen MR) is 91.2 cm³/mol. The van der Waals surface area contributed by atoms with Gasteiger partial charge in [0.25, 0.3) is 5.91 Å². The summed E-state index contributed by atoms with van der Waals surface area (Å²) in [5, 5.41) is 2.69. The van der Waals surface area contributed by atoms with E-state index in [2.05, 4.69) is 24.1 Å². The smallest absolute Gasteiger partial charge is 0.338 e. The molecule has 24 heavy (non-hydrogen) atoms. The second kappa shape index (κ2) is 8.88. The number of nitrogens with one attached hydrogen (secondary N) is 1. The fraction of sp³-hybridized carbons (Fsp3) is 0.333. The zero-order valence-electron chi connectivity index (χ0n) is 14.0. The summed E-state index contributed by atoms with van der Waals surface area (Å²) >= 11 is 0. The molecule has 1 heterocycles. The van der Waals surface area contributed by atoms with Crippen molar-refractivity contribution in [3.8, 4) is 0 Å². The topological polar surface area (TPSA) is 71.8 Å². The van der Waals surface area contributed by atoms with E-state index in [0.29, 0.717) is 17.9 Å². The lowest BCUT2D eigenvalue weighted by Crippen LogP contribution is -2.27. The first kappa shape index (κ1) is 17.7. The third-order valence-corrected chi connectivity index (χ3v) is 3.66. The van der Waals surface area contributed by atoms with E-state index in [1.807, 2.05) is 0 Å². The van der Waals surface area contributed by atoms with Gasteiger partial charge in [-0.15, -0.1) is 0 Å². The number of likely N-dealkylation sites (N-methyl/N-ethyl adjacent to an activating group) is 1. The maximum absolute atomic E-state index is 12.0. The number of amides is 1. The van der Waals surface area contributed by atoms with Crippen LogP contribution in [-0.4, -0.2) is 43.0 Å². The summed E-state index contributed by atoms with van der Waals surface area (Å²) in [5.41, 5.74) is 1.03. The monoisotopic (exact) mass is 330 g/mol. The molecule has 0 spiro atoms. The largest absolute Gasteiger partial charge is 0.461 e. The van der Waals surface area contributed by atoms with Crippen molar-refractivity contribution in [2.75, 3.05) is 31.6 Å². The number of carbonyl (C=O) groups is 2. The van der Waals surface area contributed by atoms with Gasteiger partial charge >= 0.3 is 5.97 Å². The van der Waals surface area contributed by atoms with Gasteiger partial charge in [-0.25, -0.2) is 4.79 Å². The standard InChI is InChI=1S/C18H22N2O4/c1-3-20(4-2)11-13-24-18(22)14-7-9-15(10-8-14)19-17(21)16-6-5-12-23-16/h5-10,12H,3-4,11,13H2,1-2H3,(H,19,21). The van der Waals surface area contributed by atoms with E-state index < -0.39 is 0 Å². The van der Waals surface area contributed by atoms with Crippen molar-refractivity contribution in [3.05, 3.63) is 54.0 Å². The molecule has 2 rings (SSSR count). The van der Waals surface area contributed by atoms with Gasteiger partial charge in [0.05, 0.1) is 11.8 Å². The number of hydrogen-bond donors (Lipinski definition) is 1. The van der Waals surface area contributed by atoms with Crippen LogP contribution in [0.4, 0.5) is 5.69 Å². The molecular formula is C18H22N2O4. The van der Waals surface area contributed by atoms with Crippen molar-refractivity contribution >= 4 is 17.6 Å². The maximum atomic E-state index is 12.0. The number of hydrogen-bond acceptors (Lipinski definition) is 5. The highest BCUT2D eigenvalue weighted by molar-refractivity contribution is 6.02. The minimum atomic E-state index is -0.369. The van der Waals surface area contributed by atoms with Crippen LogP contribution in [0.2, 0.25) is 0 Å². The summed E-state index contributed by atoms with van der Waals surface area (Å²) < 4.78 is 10.3. The molecule has 2 aromatic rings. The molecular weight excluding hydrogens is 308 g/mol. The van der Waals surface area contributed by atoms with E-state index in [1.165, 1.54) is 6.26 Å². The normalized spacial score (nSPS) is 10.6. The van der Waals surface area contributed by atoms with E-state index >= 15 is 0 Å². The van der Waals surface area contributed by atoms with Crippen LogP contribution in [0.1, 0.15) is 34.8 Å². The van der Waals surface area contributed by atoms with Crippen LogP contribution in [0.3, 0.4) is 0 Å². The molecule has 0 unspecified atom stereocenters. The first-order valence-electron chi connectivity index (χ1n) is 7.98. The zero-order chi connectivity index (χ0) is 17.4. The molecule has 6 heteroatoms. The van der Waals surface area contributed by atoms with Crippen molar-refractivity contribution in [1.82, 2.24) is 4.90 Å². The molecule has 0 bridgehead atoms. The van der Waals surface area contributed by atoms with Crippen LogP contribution in [0.25, 0.3) is 0 Å². The molecule has 0 aliphatic heterocycles. The number of esters is 1. The third kappa shape index (κ3) is 4.96. The van der Waals surface area contributed by atoms with E-state index in [9.17, 15) is 9.59 Å².